The molecule has 2 N–H and O–H groups in total. The molecular weight excluding hydrogens is 341 g/mol. The Bertz CT molecular complexity index is 691. The molecule has 2 aromatic rings. The predicted molar refractivity (Wildman–Crippen MR) is 95.0 cm³/mol. The number of ether oxygens (including phenoxy) is 1. The van der Waals surface area contributed by atoms with Crippen molar-refractivity contribution in [1.82, 2.24) is 10.6 Å². The standard InChI is InChI=1S/C20H23F3N2O/c21-20(22,23)14-26-18-11-5-4-9-16(18)13-25-17-10-6-12-24-19(17)15-7-2-1-3-8-15/h1-5,7-9,11,17,19,24-25H,6,10,12-14H2. The molecule has 0 aromatic heterocycles. The van der Waals surface area contributed by atoms with Gasteiger partial charge in [0.2, 0.25) is 0 Å². The van der Waals surface area contributed by atoms with E-state index in [1.54, 1.807) is 18.2 Å². The van der Waals surface area contributed by atoms with Crippen LogP contribution in [0.3, 0.4) is 0 Å². The molecule has 140 valence electrons. The summed E-state index contributed by atoms with van der Waals surface area (Å²) in [7, 11) is 0. The molecule has 1 aliphatic rings. The molecule has 2 unspecified atom stereocenters. The van der Waals surface area contributed by atoms with Crippen molar-refractivity contribution in [3.8, 4) is 5.75 Å². The van der Waals surface area contributed by atoms with E-state index in [4.69, 9.17) is 4.74 Å². The first-order valence-corrected chi connectivity index (χ1v) is 8.82. The number of hydrogen-bond acceptors (Lipinski definition) is 3. The Balaban J connectivity index is 1.66. The van der Waals surface area contributed by atoms with Crippen LogP contribution in [0.15, 0.2) is 54.6 Å². The Morgan fingerprint density at radius 1 is 1.04 bits per heavy atom. The first kappa shape index (κ1) is 18.7. The molecule has 2 atom stereocenters. The van der Waals surface area contributed by atoms with Crippen molar-refractivity contribution in [2.75, 3.05) is 13.2 Å². The van der Waals surface area contributed by atoms with Gasteiger partial charge in [-0.25, -0.2) is 0 Å². The maximum absolute atomic E-state index is 12.4. The fourth-order valence-electron chi connectivity index (χ4n) is 3.31. The van der Waals surface area contributed by atoms with Crippen LogP contribution in [0, 0.1) is 0 Å². The number of nitrogens with one attached hydrogen (secondary N) is 2. The summed E-state index contributed by atoms with van der Waals surface area (Å²) in [5.41, 5.74) is 1.94. The summed E-state index contributed by atoms with van der Waals surface area (Å²) in [6.45, 7) is 0.147. The summed E-state index contributed by atoms with van der Waals surface area (Å²) in [6, 6.07) is 17.5. The van der Waals surface area contributed by atoms with Crippen molar-refractivity contribution in [2.24, 2.45) is 0 Å². The summed E-state index contributed by atoms with van der Waals surface area (Å²) in [6.07, 6.45) is -2.27. The lowest BCUT2D eigenvalue weighted by Crippen LogP contribution is -2.45. The fraction of sp³-hybridized carbons (Fsp3) is 0.400. The summed E-state index contributed by atoms with van der Waals surface area (Å²) in [5.74, 6) is 0.275. The normalized spacial score (nSPS) is 20.7. The van der Waals surface area contributed by atoms with Crippen molar-refractivity contribution in [3.63, 3.8) is 0 Å². The molecule has 0 aliphatic carbocycles. The van der Waals surface area contributed by atoms with Crippen molar-refractivity contribution in [3.05, 3.63) is 65.7 Å². The molecule has 0 radical (unpaired) electrons. The average Bonchev–Trinajstić information content (AvgIpc) is 2.66. The number of piperidine rings is 1. The van der Waals surface area contributed by atoms with Gasteiger partial charge in [-0.15, -0.1) is 0 Å². The van der Waals surface area contributed by atoms with Crippen LogP contribution in [0.2, 0.25) is 0 Å². The monoisotopic (exact) mass is 364 g/mol. The van der Waals surface area contributed by atoms with E-state index in [0.717, 1.165) is 24.9 Å². The number of rotatable bonds is 6. The van der Waals surface area contributed by atoms with Crippen molar-refractivity contribution in [2.45, 2.75) is 37.6 Å². The highest BCUT2D eigenvalue weighted by Gasteiger charge is 2.29. The Morgan fingerprint density at radius 2 is 1.77 bits per heavy atom. The second-order valence-corrected chi connectivity index (χ2v) is 6.48. The van der Waals surface area contributed by atoms with Gasteiger partial charge >= 0.3 is 6.18 Å². The van der Waals surface area contributed by atoms with Crippen LogP contribution in [0.4, 0.5) is 13.2 Å². The minimum absolute atomic E-state index is 0.188. The third-order valence-electron chi connectivity index (χ3n) is 4.54. The Morgan fingerprint density at radius 3 is 2.54 bits per heavy atom. The molecule has 26 heavy (non-hydrogen) atoms. The maximum Gasteiger partial charge on any atom is 0.422 e. The van der Waals surface area contributed by atoms with E-state index in [9.17, 15) is 13.2 Å². The Hall–Kier alpha value is -2.05. The highest BCUT2D eigenvalue weighted by Crippen LogP contribution is 2.26. The van der Waals surface area contributed by atoms with E-state index in [1.807, 2.05) is 24.3 Å². The van der Waals surface area contributed by atoms with Gasteiger partial charge in [-0.05, 0) is 31.0 Å². The van der Waals surface area contributed by atoms with Crippen LogP contribution in [0.1, 0.15) is 30.0 Å². The molecule has 0 spiro atoms. The van der Waals surface area contributed by atoms with Crippen LogP contribution in [-0.4, -0.2) is 25.4 Å². The van der Waals surface area contributed by atoms with E-state index >= 15 is 0 Å². The zero-order valence-electron chi connectivity index (χ0n) is 14.4. The highest BCUT2D eigenvalue weighted by atomic mass is 19.4. The zero-order chi connectivity index (χ0) is 18.4. The molecule has 6 heteroatoms. The van der Waals surface area contributed by atoms with Crippen LogP contribution < -0.4 is 15.4 Å². The van der Waals surface area contributed by atoms with E-state index in [0.29, 0.717) is 6.54 Å². The van der Waals surface area contributed by atoms with Gasteiger partial charge < -0.3 is 15.4 Å². The van der Waals surface area contributed by atoms with Crippen LogP contribution in [-0.2, 0) is 6.54 Å². The van der Waals surface area contributed by atoms with E-state index < -0.39 is 12.8 Å². The molecule has 3 nitrogen and oxygen atoms in total. The smallest absolute Gasteiger partial charge is 0.422 e. The van der Waals surface area contributed by atoms with Gasteiger partial charge in [0.05, 0.1) is 0 Å². The second-order valence-electron chi connectivity index (χ2n) is 6.48. The highest BCUT2D eigenvalue weighted by molar-refractivity contribution is 5.33. The molecule has 1 saturated heterocycles. The SMILES string of the molecule is FC(F)(F)COc1ccccc1CNC1CCCNC1c1ccccc1. The van der Waals surface area contributed by atoms with Crippen LogP contribution in [0.25, 0.3) is 0 Å². The summed E-state index contributed by atoms with van der Waals surface area (Å²) < 4.78 is 42.3. The lowest BCUT2D eigenvalue weighted by atomic mass is 9.92. The zero-order valence-corrected chi connectivity index (χ0v) is 14.4. The summed E-state index contributed by atoms with van der Waals surface area (Å²) in [4.78, 5) is 0. The maximum atomic E-state index is 12.4. The van der Waals surface area contributed by atoms with Gasteiger partial charge in [-0.2, -0.15) is 13.2 Å². The van der Waals surface area contributed by atoms with Gasteiger partial charge in [0.1, 0.15) is 5.75 Å². The van der Waals surface area contributed by atoms with E-state index in [1.165, 1.54) is 5.56 Å². The van der Waals surface area contributed by atoms with Crippen LogP contribution in [0.5, 0.6) is 5.75 Å². The van der Waals surface area contributed by atoms with Crippen molar-refractivity contribution >= 4 is 0 Å². The van der Waals surface area contributed by atoms with Gasteiger partial charge in [0, 0.05) is 24.2 Å². The second kappa shape index (κ2) is 8.56. The van der Waals surface area contributed by atoms with Gasteiger partial charge in [0.15, 0.2) is 6.61 Å². The molecule has 1 fully saturated rings. The number of para-hydroxylation sites is 1. The molecule has 0 amide bonds. The molecule has 3 rings (SSSR count). The quantitative estimate of drug-likeness (QED) is 0.806. The Kier molecular flexibility index (Phi) is 6.16. The molecule has 2 aromatic carbocycles. The fourth-order valence-corrected chi connectivity index (χ4v) is 3.31. The third kappa shape index (κ3) is 5.22. The average molecular weight is 364 g/mol. The first-order valence-electron chi connectivity index (χ1n) is 8.82. The molecule has 1 heterocycles. The number of benzene rings is 2. The molecular formula is C20H23F3N2O. The van der Waals surface area contributed by atoms with Crippen molar-refractivity contribution in [1.29, 1.82) is 0 Å². The minimum atomic E-state index is -4.34. The van der Waals surface area contributed by atoms with Gasteiger partial charge in [0.25, 0.3) is 0 Å². The van der Waals surface area contributed by atoms with Crippen LogP contribution >= 0.6 is 0 Å². The molecule has 0 saturated carbocycles. The Labute approximate surface area is 151 Å². The van der Waals surface area contributed by atoms with E-state index in [2.05, 4.69) is 22.8 Å². The first-order chi connectivity index (χ1) is 12.5. The number of hydrogen-bond donors (Lipinski definition) is 2. The lowest BCUT2D eigenvalue weighted by Gasteiger charge is -2.34. The van der Waals surface area contributed by atoms with Gasteiger partial charge in [-0.3, -0.25) is 0 Å². The largest absolute Gasteiger partial charge is 0.484 e. The lowest BCUT2D eigenvalue weighted by molar-refractivity contribution is -0.153. The van der Waals surface area contributed by atoms with E-state index in [-0.39, 0.29) is 17.8 Å². The third-order valence-corrected chi connectivity index (χ3v) is 4.54. The molecule has 1 aliphatic heterocycles. The topological polar surface area (TPSA) is 33.3 Å². The summed E-state index contributed by atoms with van der Waals surface area (Å²) in [5, 5.41) is 7.04. The minimum Gasteiger partial charge on any atom is -0.484 e. The number of halogens is 3. The van der Waals surface area contributed by atoms with Crippen molar-refractivity contribution < 1.29 is 17.9 Å². The van der Waals surface area contributed by atoms with Gasteiger partial charge in [-0.1, -0.05) is 48.5 Å². The predicted octanol–water partition coefficient (Wildman–Crippen LogP) is 4.21. The summed E-state index contributed by atoms with van der Waals surface area (Å²) >= 11 is 0. The molecule has 0 bridgehead atoms. The number of alkyl halides is 3.